The first-order valence-corrected chi connectivity index (χ1v) is 5.77. The maximum Gasteiger partial charge on any atom is 0.311 e. The van der Waals surface area contributed by atoms with Crippen LogP contribution < -0.4 is 5.56 Å². The molecule has 0 atom stereocenters. The first-order chi connectivity index (χ1) is 8.49. The Kier molecular flexibility index (Phi) is 5.27. The molecule has 4 nitrogen and oxygen atoms in total. The van der Waals surface area contributed by atoms with E-state index in [0.29, 0.717) is 0 Å². The maximum atomic E-state index is 12.7. The van der Waals surface area contributed by atoms with E-state index in [1.165, 1.54) is 0 Å². The Bertz CT molecular complexity index is 488. The second-order valence-electron chi connectivity index (χ2n) is 3.47. The largest absolute Gasteiger partial charge is 0.466 e. The third-order valence-corrected chi connectivity index (χ3v) is 2.50. The summed E-state index contributed by atoms with van der Waals surface area (Å²) >= 11 is 5.44. The third kappa shape index (κ3) is 3.53. The smallest absolute Gasteiger partial charge is 0.311 e. The minimum atomic E-state index is -2.82. The molecule has 0 aliphatic heterocycles. The lowest BCUT2D eigenvalue weighted by molar-refractivity contribution is -0.142. The summed E-state index contributed by atoms with van der Waals surface area (Å²) < 4.78 is 30.1. The number of esters is 1. The number of hydrogen-bond acceptors (Lipinski definition) is 3. The third-order valence-electron chi connectivity index (χ3n) is 2.24. The molecule has 0 saturated carbocycles. The van der Waals surface area contributed by atoms with E-state index in [0.717, 1.165) is 6.07 Å². The number of carbonyl (C=O) groups excluding carboxylic acids is 1. The molecule has 1 heterocycles. The van der Waals surface area contributed by atoms with Gasteiger partial charge in [0, 0.05) is 16.8 Å². The average Bonchev–Trinajstić information content (AvgIpc) is 2.28. The number of hydrogen-bond donors (Lipinski definition) is 1. The molecule has 0 spiro atoms. The summed E-state index contributed by atoms with van der Waals surface area (Å²) in [6.45, 7) is 1.81. The lowest BCUT2D eigenvalue weighted by Crippen LogP contribution is -2.19. The van der Waals surface area contributed by atoms with Gasteiger partial charge in [-0.15, -0.1) is 11.6 Å². The highest BCUT2D eigenvalue weighted by molar-refractivity contribution is 6.17. The van der Waals surface area contributed by atoms with Crippen molar-refractivity contribution in [3.05, 3.63) is 33.2 Å². The molecule has 1 aromatic heterocycles. The van der Waals surface area contributed by atoms with Crippen molar-refractivity contribution in [3.8, 4) is 0 Å². The number of carbonyl (C=O) groups is 1. The van der Waals surface area contributed by atoms with E-state index in [1.54, 1.807) is 6.92 Å². The molecule has 18 heavy (non-hydrogen) atoms. The van der Waals surface area contributed by atoms with Gasteiger partial charge in [-0.05, 0) is 13.0 Å². The Hall–Kier alpha value is -1.43. The van der Waals surface area contributed by atoms with Crippen LogP contribution in [0.3, 0.4) is 0 Å². The van der Waals surface area contributed by atoms with Crippen molar-refractivity contribution in [2.75, 3.05) is 6.61 Å². The van der Waals surface area contributed by atoms with E-state index in [1.807, 2.05) is 0 Å². The van der Waals surface area contributed by atoms with Gasteiger partial charge in [0.25, 0.3) is 12.0 Å². The Morgan fingerprint density at radius 2 is 2.22 bits per heavy atom. The van der Waals surface area contributed by atoms with Crippen LogP contribution in [0.25, 0.3) is 0 Å². The summed E-state index contributed by atoms with van der Waals surface area (Å²) in [6.07, 6.45) is -3.08. The second-order valence-corrected chi connectivity index (χ2v) is 3.74. The zero-order valence-corrected chi connectivity index (χ0v) is 10.4. The zero-order valence-electron chi connectivity index (χ0n) is 9.63. The van der Waals surface area contributed by atoms with Gasteiger partial charge in [0.05, 0.1) is 18.9 Å². The molecule has 0 saturated heterocycles. The quantitative estimate of drug-likeness (QED) is 0.664. The molecule has 0 unspecified atom stereocenters. The molecule has 0 aromatic carbocycles. The molecule has 0 fully saturated rings. The van der Waals surface area contributed by atoms with Crippen LogP contribution in [0, 0.1) is 0 Å². The van der Waals surface area contributed by atoms with E-state index < -0.39 is 23.5 Å². The fraction of sp³-hybridized carbons (Fsp3) is 0.455. The topological polar surface area (TPSA) is 59.2 Å². The summed E-state index contributed by atoms with van der Waals surface area (Å²) in [5.74, 6) is -0.902. The number of rotatable bonds is 5. The lowest BCUT2D eigenvalue weighted by atomic mass is 10.1. The first kappa shape index (κ1) is 14.6. The van der Waals surface area contributed by atoms with Gasteiger partial charge in [-0.25, -0.2) is 8.78 Å². The van der Waals surface area contributed by atoms with Crippen molar-refractivity contribution in [1.29, 1.82) is 0 Å². The highest BCUT2D eigenvalue weighted by Gasteiger charge is 2.18. The molecule has 0 bridgehead atoms. The molecule has 1 aromatic rings. The SMILES string of the molecule is CCOC(=O)Cc1cc(C(F)F)c(CCl)c(=O)[nH]1. The van der Waals surface area contributed by atoms with Crippen LogP contribution in [-0.4, -0.2) is 17.6 Å². The van der Waals surface area contributed by atoms with Crippen molar-refractivity contribution in [1.82, 2.24) is 4.98 Å². The molecule has 0 radical (unpaired) electrons. The molecular formula is C11H12ClF2NO3. The Labute approximate surface area is 107 Å². The molecule has 0 aliphatic rings. The molecule has 0 aliphatic carbocycles. The molecular weight excluding hydrogens is 268 g/mol. The normalized spacial score (nSPS) is 10.7. The lowest BCUT2D eigenvalue weighted by Gasteiger charge is -2.08. The van der Waals surface area contributed by atoms with Gasteiger partial charge >= 0.3 is 5.97 Å². The number of aromatic amines is 1. The van der Waals surface area contributed by atoms with Crippen molar-refractivity contribution in [2.45, 2.75) is 25.7 Å². The predicted molar refractivity (Wildman–Crippen MR) is 61.9 cm³/mol. The van der Waals surface area contributed by atoms with Crippen molar-refractivity contribution < 1.29 is 18.3 Å². The number of aromatic nitrogens is 1. The summed E-state index contributed by atoms with van der Waals surface area (Å²) in [4.78, 5) is 25.0. The fourth-order valence-electron chi connectivity index (χ4n) is 1.46. The maximum absolute atomic E-state index is 12.7. The van der Waals surface area contributed by atoms with Crippen LogP contribution >= 0.6 is 11.6 Å². The van der Waals surface area contributed by atoms with Crippen LogP contribution in [0.5, 0.6) is 0 Å². The van der Waals surface area contributed by atoms with Gasteiger partial charge in [-0.3, -0.25) is 9.59 Å². The molecule has 100 valence electrons. The van der Waals surface area contributed by atoms with Gasteiger partial charge in [-0.2, -0.15) is 0 Å². The number of nitrogens with one attached hydrogen (secondary N) is 1. The summed E-state index contributed by atoms with van der Waals surface area (Å²) in [5.41, 5.74) is -1.25. The summed E-state index contributed by atoms with van der Waals surface area (Å²) in [6, 6.07) is 1.07. The Morgan fingerprint density at radius 3 is 2.72 bits per heavy atom. The van der Waals surface area contributed by atoms with Gasteiger partial charge in [0.15, 0.2) is 0 Å². The first-order valence-electron chi connectivity index (χ1n) is 5.24. The number of H-pyrrole nitrogens is 1. The highest BCUT2D eigenvalue weighted by atomic mass is 35.5. The predicted octanol–water partition coefficient (Wildman–Crippen LogP) is 2.16. The molecule has 1 N–H and O–H groups in total. The van der Waals surface area contributed by atoms with Crippen LogP contribution in [0.2, 0.25) is 0 Å². The van der Waals surface area contributed by atoms with Crippen LogP contribution in [0.15, 0.2) is 10.9 Å². The van der Waals surface area contributed by atoms with E-state index in [2.05, 4.69) is 9.72 Å². The minimum Gasteiger partial charge on any atom is -0.466 e. The molecule has 1 rings (SSSR count). The van der Waals surface area contributed by atoms with Crippen LogP contribution in [-0.2, 0) is 21.8 Å². The van der Waals surface area contributed by atoms with E-state index in [4.69, 9.17) is 11.6 Å². The molecule has 7 heteroatoms. The summed E-state index contributed by atoms with van der Waals surface area (Å²) in [7, 11) is 0. The number of ether oxygens (including phenoxy) is 1. The van der Waals surface area contributed by atoms with Crippen molar-refractivity contribution >= 4 is 17.6 Å². The highest BCUT2D eigenvalue weighted by Crippen LogP contribution is 2.22. The van der Waals surface area contributed by atoms with E-state index in [9.17, 15) is 18.4 Å². The summed E-state index contributed by atoms with van der Waals surface area (Å²) in [5, 5.41) is 0. The number of pyridine rings is 1. The van der Waals surface area contributed by atoms with Gasteiger partial charge in [0.1, 0.15) is 0 Å². The molecule has 0 amide bonds. The van der Waals surface area contributed by atoms with Gasteiger partial charge in [-0.1, -0.05) is 0 Å². The van der Waals surface area contributed by atoms with Crippen molar-refractivity contribution in [3.63, 3.8) is 0 Å². The van der Waals surface area contributed by atoms with Crippen LogP contribution in [0.1, 0.15) is 30.2 Å². The number of halogens is 3. The zero-order chi connectivity index (χ0) is 13.7. The fourth-order valence-corrected chi connectivity index (χ4v) is 1.73. The average molecular weight is 280 g/mol. The van der Waals surface area contributed by atoms with E-state index in [-0.39, 0.29) is 30.2 Å². The van der Waals surface area contributed by atoms with Crippen molar-refractivity contribution in [2.24, 2.45) is 0 Å². The second kappa shape index (κ2) is 6.49. The Balaban J connectivity index is 3.09. The van der Waals surface area contributed by atoms with E-state index >= 15 is 0 Å². The minimum absolute atomic E-state index is 0.0858. The van der Waals surface area contributed by atoms with Crippen LogP contribution in [0.4, 0.5) is 8.78 Å². The Morgan fingerprint density at radius 1 is 1.56 bits per heavy atom. The van der Waals surface area contributed by atoms with Gasteiger partial charge in [0.2, 0.25) is 0 Å². The standard InChI is InChI=1S/C11H12ClF2NO3/c1-2-18-9(16)4-6-3-7(10(13)14)8(5-12)11(17)15-6/h3,10H,2,4-5H2,1H3,(H,15,17). The number of alkyl halides is 3. The van der Waals surface area contributed by atoms with Gasteiger partial charge < -0.3 is 9.72 Å². The monoisotopic (exact) mass is 279 g/mol.